The summed E-state index contributed by atoms with van der Waals surface area (Å²) >= 11 is 0. The monoisotopic (exact) mass is 327 g/mol. The van der Waals surface area contributed by atoms with Gasteiger partial charge in [-0.15, -0.1) is 0 Å². The van der Waals surface area contributed by atoms with Gasteiger partial charge in [-0.3, -0.25) is 10.1 Å². The Balaban J connectivity index is 0.000000213. The first-order valence-electron chi connectivity index (χ1n) is 7.40. The Kier molecular flexibility index (Phi) is 9.34. The van der Waals surface area contributed by atoms with Crippen molar-refractivity contribution in [2.24, 2.45) is 0 Å². The quantitative estimate of drug-likeness (QED) is 0.384. The van der Waals surface area contributed by atoms with Crippen LogP contribution in [0.2, 0.25) is 0 Å². The maximum atomic E-state index is 10.2. The van der Waals surface area contributed by atoms with Crippen molar-refractivity contribution in [2.75, 3.05) is 26.4 Å². The number of benzene rings is 1. The first kappa shape index (κ1) is 18.9. The van der Waals surface area contributed by atoms with Crippen molar-refractivity contribution in [3.05, 3.63) is 34.4 Å². The van der Waals surface area contributed by atoms with Crippen LogP contribution in [0.15, 0.2) is 24.3 Å². The number of hydrogen-bond donors (Lipinski definition) is 1. The van der Waals surface area contributed by atoms with E-state index < -0.39 is 11.1 Å². The van der Waals surface area contributed by atoms with Crippen molar-refractivity contribution in [1.82, 2.24) is 0 Å². The molecule has 128 valence electrons. The number of hydrogen-bond acceptors (Lipinski definition) is 6. The van der Waals surface area contributed by atoms with E-state index >= 15 is 0 Å². The van der Waals surface area contributed by atoms with Gasteiger partial charge in [0, 0.05) is 38.6 Å². The van der Waals surface area contributed by atoms with Crippen LogP contribution >= 0.6 is 0 Å². The lowest BCUT2D eigenvalue weighted by Gasteiger charge is -1.97. The summed E-state index contributed by atoms with van der Waals surface area (Å²) < 4.78 is 14.1. The Morgan fingerprint density at radius 1 is 1.00 bits per heavy atom. The molecule has 3 rings (SSSR count). The van der Waals surface area contributed by atoms with Crippen LogP contribution in [0.1, 0.15) is 25.7 Å². The number of carbonyl (C=O) groups is 1. The van der Waals surface area contributed by atoms with Gasteiger partial charge in [-0.1, -0.05) is 0 Å². The molecule has 2 fully saturated rings. The molecular weight excluding hydrogens is 306 g/mol. The Morgan fingerprint density at radius 2 is 1.43 bits per heavy atom. The summed E-state index contributed by atoms with van der Waals surface area (Å²) in [5, 5.41) is 18.4. The van der Waals surface area contributed by atoms with Crippen molar-refractivity contribution in [1.29, 1.82) is 0 Å². The third-order valence-corrected chi connectivity index (χ3v) is 2.91. The zero-order valence-corrected chi connectivity index (χ0v) is 12.8. The number of nitro groups is 1. The summed E-state index contributed by atoms with van der Waals surface area (Å²) in [5.74, 6) is 0.0538. The molecule has 0 atom stereocenters. The first-order valence-corrected chi connectivity index (χ1v) is 7.40. The van der Waals surface area contributed by atoms with E-state index in [1.807, 2.05) is 0 Å². The molecule has 23 heavy (non-hydrogen) atoms. The zero-order valence-electron chi connectivity index (χ0n) is 12.8. The largest absolute Gasteiger partial charge is 0.511 e. The van der Waals surface area contributed by atoms with E-state index in [1.165, 1.54) is 37.8 Å². The summed E-state index contributed by atoms with van der Waals surface area (Å²) in [7, 11) is 0. The van der Waals surface area contributed by atoms with Crippen LogP contribution in [0.5, 0.6) is 5.75 Å². The van der Waals surface area contributed by atoms with E-state index in [0.717, 1.165) is 38.6 Å². The molecule has 2 aliphatic heterocycles. The molecule has 0 radical (unpaired) electrons. The normalized spacial score (nSPS) is 15.7. The van der Waals surface area contributed by atoms with Gasteiger partial charge < -0.3 is 19.3 Å². The molecule has 8 nitrogen and oxygen atoms in total. The predicted octanol–water partition coefficient (Wildman–Crippen LogP) is 3.25. The van der Waals surface area contributed by atoms with Gasteiger partial charge in [-0.05, 0) is 37.8 Å². The maximum absolute atomic E-state index is 10.2. The number of non-ortho nitro benzene ring substituents is 1. The minimum atomic E-state index is -1.45. The molecule has 2 aliphatic rings. The number of nitrogens with zero attached hydrogens (tertiary/aromatic N) is 1. The minimum absolute atomic E-state index is 0.0538. The van der Waals surface area contributed by atoms with E-state index in [2.05, 4.69) is 4.74 Å². The van der Waals surface area contributed by atoms with E-state index in [-0.39, 0.29) is 11.4 Å². The standard InChI is InChI=1S/C7H5NO5.2C4H8O/c9-7(10)13-6-3-1-5(2-4-6)8(11)12;2*1-2-4-5-3-1/h1-4H,(H,9,10);2*1-4H2. The fraction of sp³-hybridized carbons (Fsp3) is 0.533. The second-order valence-corrected chi connectivity index (χ2v) is 4.76. The fourth-order valence-corrected chi connectivity index (χ4v) is 1.76. The second-order valence-electron chi connectivity index (χ2n) is 4.76. The second kappa shape index (κ2) is 11.4. The number of rotatable bonds is 2. The van der Waals surface area contributed by atoms with Crippen LogP contribution in [0.4, 0.5) is 10.5 Å². The highest BCUT2D eigenvalue weighted by Gasteiger charge is 2.05. The molecule has 1 aromatic carbocycles. The third-order valence-electron chi connectivity index (χ3n) is 2.91. The van der Waals surface area contributed by atoms with Gasteiger partial charge in [0.05, 0.1) is 4.92 Å². The molecule has 0 amide bonds. The predicted molar refractivity (Wildman–Crippen MR) is 81.9 cm³/mol. The highest BCUT2D eigenvalue weighted by molar-refractivity contribution is 5.61. The molecule has 2 saturated heterocycles. The molecule has 0 spiro atoms. The Morgan fingerprint density at radius 3 is 1.70 bits per heavy atom. The molecule has 0 aromatic heterocycles. The lowest BCUT2D eigenvalue weighted by atomic mass is 10.3. The molecule has 0 aliphatic carbocycles. The van der Waals surface area contributed by atoms with Crippen LogP contribution in [0.3, 0.4) is 0 Å². The SMILES string of the molecule is C1CCOC1.C1CCOC1.O=C(O)Oc1ccc([N+](=O)[O-])cc1. The van der Waals surface area contributed by atoms with Crippen LogP contribution in [0.25, 0.3) is 0 Å². The lowest BCUT2D eigenvalue weighted by Crippen LogP contribution is -2.02. The smallest absolute Gasteiger partial charge is 0.449 e. The molecule has 1 aromatic rings. The van der Waals surface area contributed by atoms with E-state index in [9.17, 15) is 14.9 Å². The maximum Gasteiger partial charge on any atom is 0.511 e. The van der Waals surface area contributed by atoms with E-state index in [4.69, 9.17) is 14.6 Å². The average Bonchev–Trinajstić information content (AvgIpc) is 3.26. The van der Waals surface area contributed by atoms with Crippen molar-refractivity contribution >= 4 is 11.8 Å². The molecular formula is C15H21NO7. The van der Waals surface area contributed by atoms with Crippen LogP contribution in [-0.2, 0) is 9.47 Å². The highest BCUT2D eigenvalue weighted by atomic mass is 16.7. The Bertz CT molecular complexity index is 442. The molecule has 0 saturated carbocycles. The topological polar surface area (TPSA) is 108 Å². The average molecular weight is 327 g/mol. The van der Waals surface area contributed by atoms with Crippen LogP contribution < -0.4 is 4.74 Å². The lowest BCUT2D eigenvalue weighted by molar-refractivity contribution is -0.384. The van der Waals surface area contributed by atoms with Crippen LogP contribution in [0, 0.1) is 10.1 Å². The van der Waals surface area contributed by atoms with Crippen molar-refractivity contribution < 1.29 is 29.0 Å². The van der Waals surface area contributed by atoms with Crippen LogP contribution in [-0.4, -0.2) is 42.6 Å². The van der Waals surface area contributed by atoms with Gasteiger partial charge in [0.1, 0.15) is 5.75 Å². The summed E-state index contributed by atoms with van der Waals surface area (Å²) in [6, 6.07) is 4.76. The molecule has 0 unspecified atom stereocenters. The Hall–Kier alpha value is -2.19. The minimum Gasteiger partial charge on any atom is -0.449 e. The van der Waals surface area contributed by atoms with Crippen molar-refractivity contribution in [3.8, 4) is 5.75 Å². The molecule has 2 heterocycles. The van der Waals surface area contributed by atoms with E-state index in [0.29, 0.717) is 0 Å². The third kappa shape index (κ3) is 9.43. The molecule has 0 bridgehead atoms. The molecule has 8 heteroatoms. The van der Waals surface area contributed by atoms with Gasteiger partial charge in [0.25, 0.3) is 5.69 Å². The molecule has 1 N–H and O–H groups in total. The zero-order chi connectivity index (χ0) is 16.9. The summed E-state index contributed by atoms with van der Waals surface area (Å²) in [4.78, 5) is 19.6. The van der Waals surface area contributed by atoms with Gasteiger partial charge in [-0.2, -0.15) is 0 Å². The van der Waals surface area contributed by atoms with Gasteiger partial charge >= 0.3 is 6.16 Å². The van der Waals surface area contributed by atoms with Gasteiger partial charge in [0.2, 0.25) is 0 Å². The number of carboxylic acid groups (broad SMARTS) is 1. The first-order chi connectivity index (χ1) is 11.1. The number of ether oxygens (including phenoxy) is 3. The highest BCUT2D eigenvalue weighted by Crippen LogP contribution is 2.17. The Labute approximate surface area is 134 Å². The van der Waals surface area contributed by atoms with E-state index in [1.54, 1.807) is 0 Å². The fourth-order valence-electron chi connectivity index (χ4n) is 1.76. The number of nitro benzene ring substituents is 1. The van der Waals surface area contributed by atoms with Gasteiger partial charge in [-0.25, -0.2) is 4.79 Å². The summed E-state index contributed by atoms with van der Waals surface area (Å²) in [5.41, 5.74) is -0.113. The summed E-state index contributed by atoms with van der Waals surface area (Å²) in [6.45, 7) is 4.00. The van der Waals surface area contributed by atoms with Gasteiger partial charge in [0.15, 0.2) is 0 Å². The van der Waals surface area contributed by atoms with Crippen molar-refractivity contribution in [3.63, 3.8) is 0 Å². The van der Waals surface area contributed by atoms with Crippen molar-refractivity contribution in [2.45, 2.75) is 25.7 Å². The summed E-state index contributed by atoms with van der Waals surface area (Å²) in [6.07, 6.45) is 3.66.